The smallest absolute Gasteiger partial charge is 0.266 e. The molecule has 0 spiro atoms. The number of nitrogens with two attached hydrogens (primary N) is 1. The molecule has 0 saturated heterocycles. The van der Waals surface area contributed by atoms with Crippen molar-refractivity contribution in [1.29, 1.82) is 0 Å². The summed E-state index contributed by atoms with van der Waals surface area (Å²) in [7, 11) is -4.16. The monoisotopic (exact) mass is 334 g/mol. The van der Waals surface area contributed by atoms with E-state index in [-0.39, 0.29) is 21.4 Å². The summed E-state index contributed by atoms with van der Waals surface area (Å²) < 4.78 is 40.1. The fourth-order valence-electron chi connectivity index (χ4n) is 1.57. The fraction of sp³-hybridized carbons (Fsp3) is 0. The Labute approximate surface area is 125 Å². The van der Waals surface area contributed by atoms with Crippen LogP contribution in [-0.2, 0) is 10.0 Å². The molecule has 2 aromatic carbocycles. The van der Waals surface area contributed by atoms with E-state index in [1.165, 1.54) is 30.3 Å². The number of hydrogen-bond acceptors (Lipinski definition) is 3. The van der Waals surface area contributed by atoms with Crippen molar-refractivity contribution in [2.75, 3.05) is 10.5 Å². The Bertz CT molecular complexity index is 746. The van der Waals surface area contributed by atoms with Crippen LogP contribution in [0.1, 0.15) is 0 Å². The molecule has 2 aromatic rings. The fourth-order valence-corrected chi connectivity index (χ4v) is 3.12. The highest BCUT2D eigenvalue weighted by Gasteiger charge is 2.22. The van der Waals surface area contributed by atoms with Crippen LogP contribution >= 0.6 is 23.2 Å². The summed E-state index contributed by atoms with van der Waals surface area (Å²) in [6.07, 6.45) is 0. The Balaban J connectivity index is 2.43. The second-order valence-corrected chi connectivity index (χ2v) is 6.33. The van der Waals surface area contributed by atoms with Crippen LogP contribution in [0.5, 0.6) is 0 Å². The van der Waals surface area contributed by atoms with E-state index in [2.05, 4.69) is 4.72 Å². The maximum absolute atomic E-state index is 13.6. The summed E-state index contributed by atoms with van der Waals surface area (Å²) >= 11 is 11.5. The van der Waals surface area contributed by atoms with Gasteiger partial charge >= 0.3 is 0 Å². The Morgan fingerprint density at radius 1 is 1.10 bits per heavy atom. The van der Waals surface area contributed by atoms with E-state index in [0.29, 0.717) is 0 Å². The first-order valence-electron chi connectivity index (χ1n) is 5.33. The largest absolute Gasteiger partial charge is 0.398 e. The summed E-state index contributed by atoms with van der Waals surface area (Å²) in [5.74, 6) is -0.933. The van der Waals surface area contributed by atoms with E-state index in [0.717, 1.165) is 6.07 Å². The zero-order valence-electron chi connectivity index (χ0n) is 9.90. The van der Waals surface area contributed by atoms with Gasteiger partial charge in [-0.25, -0.2) is 12.8 Å². The second kappa shape index (κ2) is 5.47. The van der Waals surface area contributed by atoms with Crippen molar-refractivity contribution in [2.24, 2.45) is 0 Å². The third kappa shape index (κ3) is 2.98. The average molecular weight is 335 g/mol. The molecule has 0 heterocycles. The molecule has 0 aromatic heterocycles. The molecule has 2 rings (SSSR count). The SMILES string of the molecule is Nc1cccc(F)c1S(=O)(=O)Nc1ccc(Cl)c(Cl)c1. The van der Waals surface area contributed by atoms with Gasteiger partial charge < -0.3 is 5.73 Å². The number of nitrogens with one attached hydrogen (secondary N) is 1. The predicted octanol–water partition coefficient (Wildman–Crippen LogP) is 3.52. The number of nitrogen functional groups attached to an aromatic ring is 1. The van der Waals surface area contributed by atoms with Crippen LogP contribution in [0.2, 0.25) is 10.0 Å². The van der Waals surface area contributed by atoms with E-state index in [4.69, 9.17) is 28.9 Å². The average Bonchev–Trinajstić information content (AvgIpc) is 2.33. The van der Waals surface area contributed by atoms with Crippen molar-refractivity contribution in [2.45, 2.75) is 4.90 Å². The van der Waals surface area contributed by atoms with Crippen LogP contribution in [-0.4, -0.2) is 8.42 Å². The van der Waals surface area contributed by atoms with Crippen LogP contribution in [0.25, 0.3) is 0 Å². The standard InChI is InChI=1S/C12H9Cl2FN2O2S/c13-8-5-4-7(6-9(8)14)17-20(18,19)12-10(15)2-1-3-11(12)16/h1-6,17H,16H2. The van der Waals surface area contributed by atoms with Gasteiger partial charge in [-0.1, -0.05) is 29.3 Å². The normalized spacial score (nSPS) is 11.3. The third-order valence-corrected chi connectivity index (χ3v) is 4.65. The Morgan fingerprint density at radius 2 is 1.80 bits per heavy atom. The van der Waals surface area contributed by atoms with Crippen molar-refractivity contribution in [3.05, 3.63) is 52.3 Å². The minimum atomic E-state index is -4.16. The maximum Gasteiger partial charge on any atom is 0.266 e. The molecule has 8 heteroatoms. The molecular formula is C12H9Cl2FN2O2S. The summed E-state index contributed by atoms with van der Waals surface area (Å²) in [4.78, 5) is -0.605. The zero-order chi connectivity index (χ0) is 14.9. The molecule has 0 saturated carbocycles. The highest BCUT2D eigenvalue weighted by Crippen LogP contribution is 2.28. The summed E-state index contributed by atoms with van der Waals surface area (Å²) in [5.41, 5.74) is 5.48. The van der Waals surface area contributed by atoms with Gasteiger partial charge in [-0.2, -0.15) is 0 Å². The molecule has 0 amide bonds. The Morgan fingerprint density at radius 3 is 2.40 bits per heavy atom. The van der Waals surface area contributed by atoms with Crippen molar-refractivity contribution < 1.29 is 12.8 Å². The molecule has 106 valence electrons. The molecule has 0 fully saturated rings. The summed E-state index contributed by atoms with van der Waals surface area (Å²) in [5, 5.41) is 0.452. The van der Waals surface area contributed by atoms with Crippen molar-refractivity contribution in [3.8, 4) is 0 Å². The molecule has 20 heavy (non-hydrogen) atoms. The van der Waals surface area contributed by atoms with Crippen LogP contribution in [0, 0.1) is 5.82 Å². The minimum absolute atomic E-state index is 0.155. The van der Waals surface area contributed by atoms with Gasteiger partial charge in [0.25, 0.3) is 10.0 Å². The molecule has 0 atom stereocenters. The molecular weight excluding hydrogens is 326 g/mol. The van der Waals surface area contributed by atoms with Gasteiger partial charge in [-0.15, -0.1) is 0 Å². The van der Waals surface area contributed by atoms with Crippen LogP contribution in [0.15, 0.2) is 41.3 Å². The van der Waals surface area contributed by atoms with E-state index in [9.17, 15) is 12.8 Å². The number of halogens is 3. The van der Waals surface area contributed by atoms with Gasteiger partial charge in [0, 0.05) is 0 Å². The Hall–Kier alpha value is -1.50. The first-order chi connectivity index (χ1) is 9.31. The molecule has 4 nitrogen and oxygen atoms in total. The summed E-state index contributed by atoms with van der Waals surface area (Å²) in [6.45, 7) is 0. The predicted molar refractivity (Wildman–Crippen MR) is 78.1 cm³/mol. The van der Waals surface area contributed by atoms with Gasteiger partial charge in [0.05, 0.1) is 21.4 Å². The first kappa shape index (κ1) is 14.9. The number of hydrogen-bond donors (Lipinski definition) is 2. The van der Waals surface area contributed by atoms with E-state index in [1.54, 1.807) is 0 Å². The molecule has 0 unspecified atom stereocenters. The van der Waals surface area contributed by atoms with E-state index in [1.807, 2.05) is 0 Å². The lowest BCUT2D eigenvalue weighted by atomic mass is 10.3. The van der Waals surface area contributed by atoms with Gasteiger partial charge in [0.2, 0.25) is 0 Å². The van der Waals surface area contributed by atoms with Crippen molar-refractivity contribution in [1.82, 2.24) is 0 Å². The van der Waals surface area contributed by atoms with E-state index >= 15 is 0 Å². The van der Waals surface area contributed by atoms with Crippen molar-refractivity contribution in [3.63, 3.8) is 0 Å². The maximum atomic E-state index is 13.6. The quantitative estimate of drug-likeness (QED) is 0.843. The second-order valence-electron chi connectivity index (χ2n) is 3.89. The van der Waals surface area contributed by atoms with Crippen LogP contribution in [0.3, 0.4) is 0 Å². The van der Waals surface area contributed by atoms with E-state index < -0.39 is 20.7 Å². The third-order valence-electron chi connectivity index (χ3n) is 2.44. The van der Waals surface area contributed by atoms with Gasteiger partial charge in [0.1, 0.15) is 10.7 Å². The Kier molecular flexibility index (Phi) is 4.08. The molecule has 0 radical (unpaired) electrons. The minimum Gasteiger partial charge on any atom is -0.398 e. The lowest BCUT2D eigenvalue weighted by Crippen LogP contribution is -2.16. The molecule has 0 aliphatic heterocycles. The molecule has 0 aliphatic carbocycles. The number of sulfonamides is 1. The topological polar surface area (TPSA) is 72.2 Å². The first-order valence-corrected chi connectivity index (χ1v) is 7.57. The molecule has 3 N–H and O–H groups in total. The number of anilines is 2. The molecule has 0 bridgehead atoms. The van der Waals surface area contributed by atoms with Gasteiger partial charge in [-0.05, 0) is 30.3 Å². The van der Waals surface area contributed by atoms with Crippen molar-refractivity contribution >= 4 is 44.6 Å². The molecule has 0 aliphatic rings. The van der Waals surface area contributed by atoms with Gasteiger partial charge in [-0.3, -0.25) is 4.72 Å². The zero-order valence-corrected chi connectivity index (χ0v) is 12.2. The van der Waals surface area contributed by atoms with Crippen LogP contribution in [0.4, 0.5) is 15.8 Å². The lowest BCUT2D eigenvalue weighted by molar-refractivity contribution is 0.572. The number of benzene rings is 2. The van der Waals surface area contributed by atoms with Crippen LogP contribution < -0.4 is 10.5 Å². The number of rotatable bonds is 3. The van der Waals surface area contributed by atoms with Gasteiger partial charge in [0.15, 0.2) is 0 Å². The lowest BCUT2D eigenvalue weighted by Gasteiger charge is -2.11. The highest BCUT2D eigenvalue weighted by molar-refractivity contribution is 7.92. The summed E-state index contributed by atoms with van der Waals surface area (Å²) in [6, 6.07) is 7.78. The highest BCUT2D eigenvalue weighted by atomic mass is 35.5.